The zero-order valence-electron chi connectivity index (χ0n) is 10.7. The van der Waals surface area contributed by atoms with Crippen molar-refractivity contribution in [2.45, 2.75) is 0 Å². The van der Waals surface area contributed by atoms with E-state index >= 15 is 0 Å². The summed E-state index contributed by atoms with van der Waals surface area (Å²) in [6.45, 7) is 3.33. The molecular weight excluding hydrogens is 287 g/mol. The molecular formula is C13H16Cl2N2O2. The molecule has 0 spiro atoms. The molecule has 1 aromatic carbocycles. The summed E-state index contributed by atoms with van der Waals surface area (Å²) in [7, 11) is 2.05. The van der Waals surface area contributed by atoms with Crippen molar-refractivity contribution in [1.29, 1.82) is 0 Å². The summed E-state index contributed by atoms with van der Waals surface area (Å²) in [6, 6.07) is 4.96. The quantitative estimate of drug-likeness (QED) is 0.858. The smallest absolute Gasteiger partial charge is 0.260 e. The van der Waals surface area contributed by atoms with E-state index in [1.807, 2.05) is 11.9 Å². The second-order valence-electron chi connectivity index (χ2n) is 4.55. The van der Waals surface area contributed by atoms with Crippen LogP contribution < -0.4 is 4.74 Å². The fourth-order valence-corrected chi connectivity index (χ4v) is 2.15. The number of ether oxygens (including phenoxy) is 1. The third kappa shape index (κ3) is 4.00. The highest BCUT2D eigenvalue weighted by molar-refractivity contribution is 6.42. The van der Waals surface area contributed by atoms with Gasteiger partial charge in [-0.25, -0.2) is 0 Å². The van der Waals surface area contributed by atoms with Crippen LogP contribution >= 0.6 is 23.2 Å². The van der Waals surface area contributed by atoms with Crippen molar-refractivity contribution in [1.82, 2.24) is 9.80 Å². The van der Waals surface area contributed by atoms with E-state index in [0.29, 0.717) is 15.8 Å². The summed E-state index contributed by atoms with van der Waals surface area (Å²) < 4.78 is 5.44. The summed E-state index contributed by atoms with van der Waals surface area (Å²) in [5.74, 6) is 0.552. The number of benzene rings is 1. The molecule has 1 aliphatic heterocycles. The van der Waals surface area contributed by atoms with Crippen molar-refractivity contribution < 1.29 is 9.53 Å². The summed E-state index contributed by atoms with van der Waals surface area (Å²) in [5, 5.41) is 0.894. The van der Waals surface area contributed by atoms with E-state index in [1.165, 1.54) is 0 Å². The molecule has 0 unspecified atom stereocenters. The van der Waals surface area contributed by atoms with Crippen LogP contribution in [0.5, 0.6) is 5.75 Å². The second kappa shape index (κ2) is 6.46. The Hall–Kier alpha value is -0.970. The first-order chi connectivity index (χ1) is 9.06. The topological polar surface area (TPSA) is 32.8 Å². The fraction of sp³-hybridized carbons (Fsp3) is 0.462. The number of halogens is 2. The fourth-order valence-electron chi connectivity index (χ4n) is 1.86. The number of nitrogens with zero attached hydrogens (tertiary/aromatic N) is 2. The van der Waals surface area contributed by atoms with Gasteiger partial charge in [-0.15, -0.1) is 0 Å². The summed E-state index contributed by atoms with van der Waals surface area (Å²) in [6.07, 6.45) is 0. The Morgan fingerprint density at radius 2 is 1.89 bits per heavy atom. The lowest BCUT2D eigenvalue weighted by molar-refractivity contribution is -0.134. The van der Waals surface area contributed by atoms with E-state index in [0.717, 1.165) is 26.2 Å². The number of likely N-dealkylation sites (N-methyl/N-ethyl adjacent to an activating group) is 1. The second-order valence-corrected chi connectivity index (χ2v) is 5.36. The van der Waals surface area contributed by atoms with E-state index in [9.17, 15) is 4.79 Å². The van der Waals surface area contributed by atoms with E-state index < -0.39 is 0 Å². The molecule has 6 heteroatoms. The molecule has 1 saturated heterocycles. The minimum Gasteiger partial charge on any atom is -0.484 e. The van der Waals surface area contributed by atoms with Crippen LogP contribution in [-0.2, 0) is 4.79 Å². The first kappa shape index (κ1) is 14.4. The molecule has 1 aliphatic rings. The van der Waals surface area contributed by atoms with Gasteiger partial charge in [0.2, 0.25) is 0 Å². The average Bonchev–Trinajstić information content (AvgIpc) is 2.40. The molecule has 0 N–H and O–H groups in total. The van der Waals surface area contributed by atoms with Gasteiger partial charge in [0.1, 0.15) is 5.75 Å². The van der Waals surface area contributed by atoms with Crippen molar-refractivity contribution in [2.24, 2.45) is 0 Å². The molecule has 1 heterocycles. The number of amides is 1. The number of carbonyl (C=O) groups excluding carboxylic acids is 1. The Morgan fingerprint density at radius 3 is 2.53 bits per heavy atom. The predicted octanol–water partition coefficient (Wildman–Crippen LogP) is 2.15. The molecule has 104 valence electrons. The van der Waals surface area contributed by atoms with Gasteiger partial charge >= 0.3 is 0 Å². The van der Waals surface area contributed by atoms with Crippen molar-refractivity contribution >= 4 is 29.1 Å². The normalized spacial score (nSPS) is 16.5. The first-order valence-corrected chi connectivity index (χ1v) is 6.86. The standard InChI is InChI=1S/C13H16Cl2N2O2/c1-16-4-6-17(7-5-16)13(18)9-19-10-2-3-11(14)12(15)8-10/h2-3,8H,4-7,9H2,1H3. The van der Waals surface area contributed by atoms with Crippen LogP contribution in [0, 0.1) is 0 Å². The summed E-state index contributed by atoms with van der Waals surface area (Å²) in [4.78, 5) is 16.0. The molecule has 4 nitrogen and oxygen atoms in total. The number of hydrogen-bond donors (Lipinski definition) is 0. The SMILES string of the molecule is CN1CCN(C(=O)COc2ccc(Cl)c(Cl)c2)CC1. The molecule has 1 amide bonds. The number of rotatable bonds is 3. The molecule has 0 aromatic heterocycles. The van der Waals surface area contributed by atoms with Crippen LogP contribution in [0.2, 0.25) is 10.0 Å². The monoisotopic (exact) mass is 302 g/mol. The van der Waals surface area contributed by atoms with Crippen LogP contribution in [0.3, 0.4) is 0 Å². The summed E-state index contributed by atoms with van der Waals surface area (Å²) >= 11 is 11.7. The third-order valence-corrected chi connectivity index (χ3v) is 3.85. The molecule has 0 aliphatic carbocycles. The first-order valence-electron chi connectivity index (χ1n) is 6.10. The molecule has 0 atom stereocenters. The zero-order chi connectivity index (χ0) is 13.8. The van der Waals surface area contributed by atoms with Gasteiger partial charge in [0.25, 0.3) is 5.91 Å². The largest absolute Gasteiger partial charge is 0.484 e. The highest BCUT2D eigenvalue weighted by atomic mass is 35.5. The van der Waals surface area contributed by atoms with Gasteiger partial charge in [0.05, 0.1) is 10.0 Å². The van der Waals surface area contributed by atoms with Crippen molar-refractivity contribution in [2.75, 3.05) is 39.8 Å². The summed E-state index contributed by atoms with van der Waals surface area (Å²) in [5.41, 5.74) is 0. The highest BCUT2D eigenvalue weighted by Gasteiger charge is 2.19. The van der Waals surface area contributed by atoms with E-state index in [1.54, 1.807) is 18.2 Å². The van der Waals surface area contributed by atoms with Gasteiger partial charge in [-0.1, -0.05) is 23.2 Å². The Bertz CT molecular complexity index is 460. The predicted molar refractivity (Wildman–Crippen MR) is 76.0 cm³/mol. The number of hydrogen-bond acceptors (Lipinski definition) is 3. The number of carbonyl (C=O) groups is 1. The van der Waals surface area contributed by atoms with Gasteiger partial charge in [-0.05, 0) is 19.2 Å². The van der Waals surface area contributed by atoms with E-state index in [4.69, 9.17) is 27.9 Å². The lowest BCUT2D eigenvalue weighted by atomic mass is 10.3. The zero-order valence-corrected chi connectivity index (χ0v) is 12.2. The molecule has 1 aromatic rings. The maximum absolute atomic E-state index is 12.0. The average molecular weight is 303 g/mol. The lowest BCUT2D eigenvalue weighted by Crippen LogP contribution is -2.48. The molecule has 1 fully saturated rings. The van der Waals surface area contributed by atoms with Crippen LogP contribution in [0.1, 0.15) is 0 Å². The van der Waals surface area contributed by atoms with Crippen LogP contribution in [0.4, 0.5) is 0 Å². The Balaban J connectivity index is 1.84. The molecule has 0 bridgehead atoms. The maximum atomic E-state index is 12.0. The van der Waals surface area contributed by atoms with Gasteiger partial charge in [0, 0.05) is 32.2 Å². The van der Waals surface area contributed by atoms with Gasteiger partial charge in [0.15, 0.2) is 6.61 Å². The minimum atomic E-state index is -0.000766. The molecule has 0 saturated carbocycles. The van der Waals surface area contributed by atoms with Crippen LogP contribution in [-0.4, -0.2) is 55.5 Å². The third-order valence-electron chi connectivity index (χ3n) is 3.11. The van der Waals surface area contributed by atoms with Crippen molar-refractivity contribution in [3.8, 4) is 5.75 Å². The Labute approximate surface area is 122 Å². The Kier molecular flexibility index (Phi) is 4.91. The lowest BCUT2D eigenvalue weighted by Gasteiger charge is -2.32. The van der Waals surface area contributed by atoms with Crippen LogP contribution in [0.15, 0.2) is 18.2 Å². The van der Waals surface area contributed by atoms with Crippen molar-refractivity contribution in [3.63, 3.8) is 0 Å². The van der Waals surface area contributed by atoms with Gasteiger partial charge < -0.3 is 14.5 Å². The van der Waals surface area contributed by atoms with E-state index in [-0.39, 0.29) is 12.5 Å². The molecule has 19 heavy (non-hydrogen) atoms. The maximum Gasteiger partial charge on any atom is 0.260 e. The van der Waals surface area contributed by atoms with E-state index in [2.05, 4.69) is 4.90 Å². The highest BCUT2D eigenvalue weighted by Crippen LogP contribution is 2.26. The van der Waals surface area contributed by atoms with Crippen molar-refractivity contribution in [3.05, 3.63) is 28.2 Å². The minimum absolute atomic E-state index is 0.000766. The molecule has 0 radical (unpaired) electrons. The van der Waals surface area contributed by atoms with Gasteiger partial charge in [-0.2, -0.15) is 0 Å². The van der Waals surface area contributed by atoms with Gasteiger partial charge in [-0.3, -0.25) is 4.79 Å². The van der Waals surface area contributed by atoms with Crippen LogP contribution in [0.25, 0.3) is 0 Å². The number of piperazine rings is 1. The molecule has 2 rings (SSSR count). The Morgan fingerprint density at radius 1 is 1.21 bits per heavy atom.